The molecule has 3 aromatic carbocycles. The molecule has 33 heavy (non-hydrogen) atoms. The third kappa shape index (κ3) is 5.55. The van der Waals surface area contributed by atoms with Gasteiger partial charge in [0.05, 0.1) is 0 Å². The molecule has 2 aliphatic rings. The minimum absolute atomic E-state index is 0.00163. The lowest BCUT2D eigenvalue weighted by molar-refractivity contribution is -0.118. The summed E-state index contributed by atoms with van der Waals surface area (Å²) in [5, 5.41) is 6.81. The van der Waals surface area contributed by atoms with Crippen LogP contribution in [0, 0.1) is 0 Å². The number of carbonyl (C=O) groups is 1. The maximum absolute atomic E-state index is 12.2. The van der Waals surface area contributed by atoms with Gasteiger partial charge in [0.2, 0.25) is 0 Å². The number of nitrogens with one attached hydrogen (secondary N) is 2. The van der Waals surface area contributed by atoms with Gasteiger partial charge in [-0.2, -0.15) is 0 Å². The molecule has 5 nitrogen and oxygen atoms in total. The maximum atomic E-state index is 12.2. The van der Waals surface area contributed by atoms with Crippen molar-refractivity contribution in [1.29, 1.82) is 0 Å². The highest BCUT2D eigenvalue weighted by Gasteiger charge is 2.26. The molecule has 3 aromatic rings. The molecular formula is C28H31N3O2. The van der Waals surface area contributed by atoms with Crippen molar-refractivity contribution >= 4 is 17.3 Å². The summed E-state index contributed by atoms with van der Waals surface area (Å²) in [6.07, 6.45) is 4.62. The Kier molecular flexibility index (Phi) is 6.58. The minimum atomic E-state index is -0.160. The Hall–Kier alpha value is -3.31. The number of amides is 1. The van der Waals surface area contributed by atoms with E-state index in [-0.39, 0.29) is 12.5 Å². The van der Waals surface area contributed by atoms with Gasteiger partial charge in [0.25, 0.3) is 5.91 Å². The van der Waals surface area contributed by atoms with E-state index in [2.05, 4.69) is 51.9 Å². The van der Waals surface area contributed by atoms with Gasteiger partial charge in [-0.25, -0.2) is 0 Å². The van der Waals surface area contributed by atoms with Crippen LogP contribution in [-0.4, -0.2) is 37.7 Å². The van der Waals surface area contributed by atoms with Crippen LogP contribution in [0.1, 0.15) is 24.0 Å². The first-order valence-electron chi connectivity index (χ1n) is 11.9. The van der Waals surface area contributed by atoms with Crippen molar-refractivity contribution in [2.75, 3.05) is 29.9 Å². The summed E-state index contributed by atoms with van der Waals surface area (Å²) in [5.41, 5.74) is 5.01. The maximum Gasteiger partial charge on any atom is 0.262 e. The molecule has 1 fully saturated rings. The summed E-state index contributed by atoms with van der Waals surface area (Å²) in [5.74, 6) is 0.533. The Bertz CT molecular complexity index is 1040. The summed E-state index contributed by atoms with van der Waals surface area (Å²) < 4.78 is 5.51. The van der Waals surface area contributed by atoms with E-state index in [4.69, 9.17) is 4.74 Å². The third-order valence-electron chi connectivity index (χ3n) is 6.65. The molecule has 5 heteroatoms. The van der Waals surface area contributed by atoms with E-state index in [1.54, 1.807) is 0 Å². The number of rotatable bonds is 7. The van der Waals surface area contributed by atoms with Gasteiger partial charge in [-0.15, -0.1) is 0 Å². The predicted octanol–water partition coefficient (Wildman–Crippen LogP) is 4.43. The van der Waals surface area contributed by atoms with Crippen LogP contribution in [-0.2, 0) is 17.6 Å². The molecule has 0 unspecified atom stereocenters. The lowest BCUT2D eigenvalue weighted by Crippen LogP contribution is -2.46. The number of anilines is 2. The Labute approximate surface area is 195 Å². The first-order valence-corrected chi connectivity index (χ1v) is 11.9. The number of ether oxygens (including phenoxy) is 1. The molecule has 1 heterocycles. The number of benzene rings is 3. The lowest BCUT2D eigenvalue weighted by atomic mass is 10.0. The zero-order chi connectivity index (χ0) is 22.5. The molecular weight excluding hydrogens is 410 g/mol. The Morgan fingerprint density at radius 1 is 0.818 bits per heavy atom. The molecule has 1 aliphatic heterocycles. The summed E-state index contributed by atoms with van der Waals surface area (Å²) in [4.78, 5) is 14.6. The number of para-hydroxylation sites is 1. The van der Waals surface area contributed by atoms with Crippen LogP contribution >= 0.6 is 0 Å². The standard InChI is InChI=1S/C28H31N3O2/c32-28(20-33-27-8-2-1-3-9-27)30-23-10-12-26(13-11-23)31-16-14-24(15-17-31)29-25-18-21-6-4-5-7-22(21)19-25/h1-13,24-25,29H,14-20H2,(H,30,32). The smallest absolute Gasteiger partial charge is 0.262 e. The highest BCUT2D eigenvalue weighted by atomic mass is 16.5. The molecule has 0 bridgehead atoms. The third-order valence-corrected chi connectivity index (χ3v) is 6.65. The summed E-state index contributed by atoms with van der Waals surface area (Å²) in [6.45, 7) is 2.10. The van der Waals surface area contributed by atoms with Crippen LogP contribution in [0.3, 0.4) is 0 Å². The van der Waals surface area contributed by atoms with Gasteiger partial charge < -0.3 is 20.3 Å². The fourth-order valence-corrected chi connectivity index (χ4v) is 4.93. The van der Waals surface area contributed by atoms with E-state index in [0.29, 0.717) is 17.8 Å². The monoisotopic (exact) mass is 441 g/mol. The van der Waals surface area contributed by atoms with Crippen LogP contribution in [0.2, 0.25) is 0 Å². The molecule has 0 saturated carbocycles. The Morgan fingerprint density at radius 3 is 2.12 bits per heavy atom. The average Bonchev–Trinajstić information content (AvgIpc) is 3.27. The summed E-state index contributed by atoms with van der Waals surface area (Å²) in [6, 6.07) is 27.5. The fraction of sp³-hybridized carbons (Fsp3) is 0.321. The normalized spacial score (nSPS) is 16.4. The topological polar surface area (TPSA) is 53.6 Å². The molecule has 170 valence electrons. The largest absolute Gasteiger partial charge is 0.484 e. The second-order valence-electron chi connectivity index (χ2n) is 9.00. The van der Waals surface area contributed by atoms with Crippen molar-refractivity contribution in [3.8, 4) is 5.75 Å². The van der Waals surface area contributed by atoms with Crippen molar-refractivity contribution in [3.05, 3.63) is 90.0 Å². The number of piperidine rings is 1. The molecule has 1 aliphatic carbocycles. The predicted molar refractivity (Wildman–Crippen MR) is 133 cm³/mol. The number of nitrogens with zero attached hydrogens (tertiary/aromatic N) is 1. The number of hydrogen-bond acceptors (Lipinski definition) is 4. The molecule has 0 radical (unpaired) electrons. The van der Waals surface area contributed by atoms with Gasteiger partial charge in [-0.1, -0.05) is 42.5 Å². The molecule has 0 spiro atoms. The van der Waals surface area contributed by atoms with Gasteiger partial charge in [0, 0.05) is 36.5 Å². The Balaban J connectivity index is 1.06. The summed E-state index contributed by atoms with van der Waals surface area (Å²) >= 11 is 0. The minimum Gasteiger partial charge on any atom is -0.484 e. The molecule has 2 N–H and O–H groups in total. The van der Waals surface area contributed by atoms with Crippen LogP contribution in [0.15, 0.2) is 78.9 Å². The second-order valence-corrected chi connectivity index (χ2v) is 9.00. The Morgan fingerprint density at radius 2 is 1.45 bits per heavy atom. The van der Waals surface area contributed by atoms with Crippen molar-refractivity contribution in [1.82, 2.24) is 5.32 Å². The van der Waals surface area contributed by atoms with Gasteiger partial charge >= 0.3 is 0 Å². The van der Waals surface area contributed by atoms with Crippen molar-refractivity contribution in [2.45, 2.75) is 37.8 Å². The molecule has 1 saturated heterocycles. The number of carbonyl (C=O) groups excluding carboxylic acids is 1. The van der Waals surface area contributed by atoms with E-state index in [9.17, 15) is 4.79 Å². The first kappa shape index (κ1) is 21.5. The van der Waals surface area contributed by atoms with E-state index >= 15 is 0 Å². The van der Waals surface area contributed by atoms with Gasteiger partial charge in [0.1, 0.15) is 5.75 Å². The lowest BCUT2D eigenvalue weighted by Gasteiger charge is -2.35. The SMILES string of the molecule is O=C(COc1ccccc1)Nc1ccc(N2CCC(NC3Cc4ccccc4C3)CC2)cc1. The van der Waals surface area contributed by atoms with Gasteiger partial charge in [0.15, 0.2) is 6.61 Å². The molecule has 0 aromatic heterocycles. The number of hydrogen-bond donors (Lipinski definition) is 2. The highest BCUT2D eigenvalue weighted by molar-refractivity contribution is 5.92. The molecule has 1 amide bonds. The number of fused-ring (bicyclic) bond motifs is 1. The van der Waals surface area contributed by atoms with Crippen LogP contribution in [0.4, 0.5) is 11.4 Å². The fourth-order valence-electron chi connectivity index (χ4n) is 4.93. The van der Waals surface area contributed by atoms with E-state index in [0.717, 1.165) is 44.5 Å². The van der Waals surface area contributed by atoms with Gasteiger partial charge in [-0.05, 0) is 73.2 Å². The molecule has 0 atom stereocenters. The zero-order valence-electron chi connectivity index (χ0n) is 18.9. The first-order chi connectivity index (χ1) is 16.2. The van der Waals surface area contributed by atoms with E-state index < -0.39 is 0 Å². The van der Waals surface area contributed by atoms with Crippen molar-refractivity contribution in [2.24, 2.45) is 0 Å². The highest BCUT2D eigenvalue weighted by Crippen LogP contribution is 2.25. The summed E-state index contributed by atoms with van der Waals surface area (Å²) in [7, 11) is 0. The second kappa shape index (κ2) is 10.1. The van der Waals surface area contributed by atoms with E-state index in [1.165, 1.54) is 16.8 Å². The van der Waals surface area contributed by atoms with Crippen molar-refractivity contribution in [3.63, 3.8) is 0 Å². The molecule has 5 rings (SSSR count). The van der Waals surface area contributed by atoms with Gasteiger partial charge in [-0.3, -0.25) is 4.79 Å². The zero-order valence-corrected chi connectivity index (χ0v) is 18.9. The quantitative estimate of drug-likeness (QED) is 0.570. The van der Waals surface area contributed by atoms with Crippen molar-refractivity contribution < 1.29 is 9.53 Å². The van der Waals surface area contributed by atoms with Crippen LogP contribution < -0.4 is 20.3 Å². The van der Waals surface area contributed by atoms with E-state index in [1.807, 2.05) is 42.5 Å². The average molecular weight is 442 g/mol. The van der Waals surface area contributed by atoms with Crippen LogP contribution in [0.5, 0.6) is 5.75 Å². The van der Waals surface area contributed by atoms with Crippen LogP contribution in [0.25, 0.3) is 0 Å².